The zero-order valence-electron chi connectivity index (χ0n) is 16.5. The minimum absolute atomic E-state index is 0.0450. The average Bonchev–Trinajstić information content (AvgIpc) is 2.71. The van der Waals surface area contributed by atoms with E-state index >= 15 is 0 Å². The Balaban J connectivity index is 1.98. The second-order valence-electron chi connectivity index (χ2n) is 6.40. The lowest BCUT2D eigenvalue weighted by Crippen LogP contribution is -2.40. The molecule has 0 aliphatic heterocycles. The molecule has 28 heavy (non-hydrogen) atoms. The van der Waals surface area contributed by atoms with Crippen LogP contribution in [0.3, 0.4) is 0 Å². The van der Waals surface area contributed by atoms with Crippen molar-refractivity contribution in [1.29, 1.82) is 0 Å². The normalized spacial score (nSPS) is 13.1. The van der Waals surface area contributed by atoms with E-state index in [0.29, 0.717) is 6.54 Å². The van der Waals surface area contributed by atoms with Gasteiger partial charge in [0.2, 0.25) is 5.91 Å². The number of non-ortho nitro benzene ring substituents is 1. The van der Waals surface area contributed by atoms with Crippen LogP contribution in [0.5, 0.6) is 0 Å². The van der Waals surface area contributed by atoms with E-state index in [-0.39, 0.29) is 22.9 Å². The molecule has 2 unspecified atom stereocenters. The predicted molar refractivity (Wildman–Crippen MR) is 114 cm³/mol. The van der Waals surface area contributed by atoms with Gasteiger partial charge >= 0.3 is 0 Å². The summed E-state index contributed by atoms with van der Waals surface area (Å²) in [6.45, 7) is 8.42. The minimum Gasteiger partial charge on any atom is -0.353 e. The van der Waals surface area contributed by atoms with Crippen molar-refractivity contribution in [2.45, 2.75) is 37.0 Å². The first-order valence-corrected chi connectivity index (χ1v) is 10.3. The Labute approximate surface area is 170 Å². The Hall–Kier alpha value is -2.38. The number of amides is 1. The molecule has 2 aromatic rings. The summed E-state index contributed by atoms with van der Waals surface area (Å²) in [5, 5.41) is 13.5. The van der Waals surface area contributed by atoms with Crippen molar-refractivity contribution in [3.05, 3.63) is 70.3 Å². The molecule has 0 saturated carbocycles. The summed E-state index contributed by atoms with van der Waals surface area (Å²) in [6, 6.07) is 16.6. The second-order valence-corrected chi connectivity index (χ2v) is 7.82. The van der Waals surface area contributed by atoms with Crippen molar-refractivity contribution in [3.8, 4) is 0 Å². The Morgan fingerprint density at radius 3 is 2.25 bits per heavy atom. The number of carbonyl (C=O) groups is 1. The fourth-order valence-electron chi connectivity index (χ4n) is 3.04. The second kappa shape index (κ2) is 10.8. The maximum Gasteiger partial charge on any atom is 0.269 e. The van der Waals surface area contributed by atoms with Gasteiger partial charge in [-0.1, -0.05) is 44.2 Å². The number of nitrogens with zero attached hydrogens (tertiary/aromatic N) is 2. The van der Waals surface area contributed by atoms with E-state index in [2.05, 4.69) is 36.2 Å². The molecule has 0 aliphatic rings. The topological polar surface area (TPSA) is 75.5 Å². The first-order valence-electron chi connectivity index (χ1n) is 9.44. The van der Waals surface area contributed by atoms with Gasteiger partial charge in [-0.05, 0) is 37.7 Å². The third-order valence-electron chi connectivity index (χ3n) is 4.64. The Morgan fingerprint density at radius 2 is 1.71 bits per heavy atom. The van der Waals surface area contributed by atoms with Crippen molar-refractivity contribution in [2.75, 3.05) is 19.6 Å². The number of likely N-dealkylation sites (N-methyl/N-ethyl adjacent to an activating group) is 1. The van der Waals surface area contributed by atoms with Crippen molar-refractivity contribution in [3.63, 3.8) is 0 Å². The molecule has 2 atom stereocenters. The van der Waals surface area contributed by atoms with Crippen LogP contribution in [0.2, 0.25) is 0 Å². The van der Waals surface area contributed by atoms with E-state index in [9.17, 15) is 14.9 Å². The lowest BCUT2D eigenvalue weighted by Gasteiger charge is -2.30. The monoisotopic (exact) mass is 401 g/mol. The van der Waals surface area contributed by atoms with Crippen LogP contribution in [-0.4, -0.2) is 40.6 Å². The van der Waals surface area contributed by atoms with E-state index in [1.54, 1.807) is 12.1 Å². The van der Waals surface area contributed by atoms with E-state index in [0.717, 1.165) is 18.0 Å². The number of hydrogen-bond acceptors (Lipinski definition) is 5. The first kappa shape index (κ1) is 21.9. The molecule has 7 heteroatoms. The molecule has 1 N–H and O–H groups in total. The molecule has 1 amide bonds. The SMILES string of the molecule is CCN(CC)C(CNC(=O)C(C)Sc1ccc([N+](=O)[O-])cc1)c1ccccc1. The third kappa shape index (κ3) is 6.07. The summed E-state index contributed by atoms with van der Waals surface area (Å²) >= 11 is 1.39. The molecule has 150 valence electrons. The molecule has 2 aromatic carbocycles. The maximum absolute atomic E-state index is 12.6. The van der Waals surface area contributed by atoms with E-state index in [1.165, 1.54) is 29.5 Å². The maximum atomic E-state index is 12.6. The number of nitrogens with one attached hydrogen (secondary N) is 1. The fourth-order valence-corrected chi connectivity index (χ4v) is 3.93. The molecule has 0 aliphatic carbocycles. The van der Waals surface area contributed by atoms with Crippen molar-refractivity contribution in [2.24, 2.45) is 0 Å². The van der Waals surface area contributed by atoms with Gasteiger partial charge < -0.3 is 5.32 Å². The number of hydrogen-bond donors (Lipinski definition) is 1. The van der Waals surface area contributed by atoms with Gasteiger partial charge in [-0.15, -0.1) is 11.8 Å². The van der Waals surface area contributed by atoms with Gasteiger partial charge in [-0.2, -0.15) is 0 Å². The fraction of sp³-hybridized carbons (Fsp3) is 0.381. The number of rotatable bonds is 10. The largest absolute Gasteiger partial charge is 0.353 e. The summed E-state index contributed by atoms with van der Waals surface area (Å²) in [6.07, 6.45) is 0. The van der Waals surface area contributed by atoms with E-state index < -0.39 is 4.92 Å². The van der Waals surface area contributed by atoms with E-state index in [1.807, 2.05) is 25.1 Å². The molecule has 0 heterocycles. The molecule has 6 nitrogen and oxygen atoms in total. The summed E-state index contributed by atoms with van der Waals surface area (Å²) < 4.78 is 0. The lowest BCUT2D eigenvalue weighted by atomic mass is 10.1. The highest BCUT2D eigenvalue weighted by Gasteiger charge is 2.21. The summed E-state index contributed by atoms with van der Waals surface area (Å²) in [7, 11) is 0. The number of thioether (sulfide) groups is 1. The minimum atomic E-state index is -0.429. The predicted octanol–water partition coefficient (Wildman–Crippen LogP) is 4.27. The highest BCUT2D eigenvalue weighted by molar-refractivity contribution is 8.00. The molecule has 0 radical (unpaired) electrons. The summed E-state index contributed by atoms with van der Waals surface area (Å²) in [4.78, 5) is 26.1. The molecule has 0 spiro atoms. The molecule has 2 rings (SSSR count). The zero-order valence-corrected chi connectivity index (χ0v) is 17.3. The third-order valence-corrected chi connectivity index (χ3v) is 5.75. The summed E-state index contributed by atoms with van der Waals surface area (Å²) in [5.74, 6) is -0.0450. The Kier molecular flexibility index (Phi) is 8.47. The van der Waals surface area contributed by atoms with Gasteiger partial charge in [0, 0.05) is 23.6 Å². The van der Waals surface area contributed by atoms with Gasteiger partial charge in [-0.3, -0.25) is 19.8 Å². The van der Waals surface area contributed by atoms with Crippen LogP contribution in [0.4, 0.5) is 5.69 Å². The zero-order chi connectivity index (χ0) is 20.5. The van der Waals surface area contributed by atoms with Crippen LogP contribution in [0.15, 0.2) is 59.5 Å². The van der Waals surface area contributed by atoms with Gasteiger partial charge in [0.1, 0.15) is 0 Å². The van der Waals surface area contributed by atoms with Gasteiger partial charge in [0.05, 0.1) is 16.2 Å². The Morgan fingerprint density at radius 1 is 1.11 bits per heavy atom. The van der Waals surface area contributed by atoms with Crippen LogP contribution >= 0.6 is 11.8 Å². The Bertz CT molecular complexity index is 764. The van der Waals surface area contributed by atoms with Crippen LogP contribution in [0.1, 0.15) is 32.4 Å². The standard InChI is InChI=1S/C21H27N3O3S/c1-4-23(5-2)20(17-9-7-6-8-10-17)15-22-21(25)16(3)28-19-13-11-18(12-14-19)24(26)27/h6-14,16,20H,4-5,15H2,1-3H3,(H,22,25). The van der Waals surface area contributed by atoms with Crippen LogP contribution in [-0.2, 0) is 4.79 Å². The van der Waals surface area contributed by atoms with Gasteiger partial charge in [-0.25, -0.2) is 0 Å². The number of benzene rings is 2. The lowest BCUT2D eigenvalue weighted by molar-refractivity contribution is -0.384. The van der Waals surface area contributed by atoms with E-state index in [4.69, 9.17) is 0 Å². The number of carbonyl (C=O) groups excluding carboxylic acids is 1. The molecule has 0 aromatic heterocycles. The van der Waals surface area contributed by atoms with Crippen LogP contribution < -0.4 is 5.32 Å². The highest BCUT2D eigenvalue weighted by atomic mass is 32.2. The average molecular weight is 402 g/mol. The molecule has 0 saturated heterocycles. The molecular weight excluding hydrogens is 374 g/mol. The van der Waals surface area contributed by atoms with Gasteiger partial charge in [0.25, 0.3) is 5.69 Å². The highest BCUT2D eigenvalue weighted by Crippen LogP contribution is 2.26. The number of nitro groups is 1. The number of nitro benzene ring substituents is 1. The van der Waals surface area contributed by atoms with Crippen LogP contribution in [0, 0.1) is 10.1 Å². The van der Waals surface area contributed by atoms with Crippen molar-refractivity contribution >= 4 is 23.4 Å². The summed E-state index contributed by atoms with van der Waals surface area (Å²) in [5.41, 5.74) is 1.23. The van der Waals surface area contributed by atoms with Crippen molar-refractivity contribution in [1.82, 2.24) is 10.2 Å². The molecule has 0 bridgehead atoms. The smallest absolute Gasteiger partial charge is 0.269 e. The molecular formula is C21H27N3O3S. The van der Waals surface area contributed by atoms with Crippen molar-refractivity contribution < 1.29 is 9.72 Å². The van der Waals surface area contributed by atoms with Crippen LogP contribution in [0.25, 0.3) is 0 Å². The molecule has 0 fully saturated rings. The quantitative estimate of drug-likeness (QED) is 0.365. The van der Waals surface area contributed by atoms with Gasteiger partial charge in [0.15, 0.2) is 0 Å². The first-order chi connectivity index (χ1) is 13.5.